The highest BCUT2D eigenvalue weighted by Gasteiger charge is 2.17. The van der Waals surface area contributed by atoms with Crippen LogP contribution in [-0.4, -0.2) is 36.0 Å². The van der Waals surface area contributed by atoms with Crippen LogP contribution >= 0.6 is 11.6 Å². The molecule has 3 rings (SSSR count). The molecule has 0 fully saturated rings. The number of benzene rings is 2. The van der Waals surface area contributed by atoms with Crippen molar-refractivity contribution in [2.45, 2.75) is 19.0 Å². The predicted octanol–water partition coefficient (Wildman–Crippen LogP) is 4.10. The van der Waals surface area contributed by atoms with Gasteiger partial charge in [-0.2, -0.15) is 0 Å². The van der Waals surface area contributed by atoms with Gasteiger partial charge in [-0.05, 0) is 43.2 Å². The maximum absolute atomic E-state index is 12.3. The van der Waals surface area contributed by atoms with Crippen LogP contribution in [0.3, 0.4) is 0 Å². The number of halogens is 1. The van der Waals surface area contributed by atoms with E-state index in [9.17, 15) is 4.79 Å². The van der Waals surface area contributed by atoms with Gasteiger partial charge < -0.3 is 14.8 Å². The quantitative estimate of drug-likeness (QED) is 0.680. The average molecular weight is 370 g/mol. The summed E-state index contributed by atoms with van der Waals surface area (Å²) in [6.45, 7) is 1.19. The Labute approximate surface area is 159 Å². The SMILES string of the molecule is CN(C)[C@H](CNC(=O)CCn1ccc2ccccc21)c1ccccc1Cl. The molecule has 1 aromatic heterocycles. The standard InChI is InChI=1S/C21H24ClN3O/c1-24(2)20(17-8-4-5-9-18(17)22)15-23-21(26)12-14-25-13-11-16-7-3-6-10-19(16)25/h3-11,13,20H,12,14-15H2,1-2H3,(H,23,26)/t20-/m1/s1. The molecule has 3 aromatic rings. The fourth-order valence-corrected chi connectivity index (χ4v) is 3.43. The second-order valence-electron chi connectivity index (χ2n) is 6.62. The predicted molar refractivity (Wildman–Crippen MR) is 107 cm³/mol. The number of rotatable bonds is 7. The highest BCUT2D eigenvalue weighted by atomic mass is 35.5. The molecular weight excluding hydrogens is 346 g/mol. The Kier molecular flexibility index (Phi) is 5.96. The van der Waals surface area contributed by atoms with Gasteiger partial charge in [0.25, 0.3) is 0 Å². The van der Waals surface area contributed by atoms with Gasteiger partial charge in [-0.25, -0.2) is 0 Å². The van der Waals surface area contributed by atoms with Crippen molar-refractivity contribution < 1.29 is 4.79 Å². The molecule has 0 aliphatic heterocycles. The van der Waals surface area contributed by atoms with E-state index >= 15 is 0 Å². The molecule has 0 spiro atoms. The van der Waals surface area contributed by atoms with Crippen LogP contribution < -0.4 is 5.32 Å². The van der Waals surface area contributed by atoms with Crippen molar-refractivity contribution >= 4 is 28.4 Å². The van der Waals surface area contributed by atoms with Gasteiger partial charge in [0.2, 0.25) is 5.91 Å². The van der Waals surface area contributed by atoms with E-state index in [0.29, 0.717) is 19.5 Å². The lowest BCUT2D eigenvalue weighted by atomic mass is 10.1. The van der Waals surface area contributed by atoms with Crippen molar-refractivity contribution in [3.8, 4) is 0 Å². The minimum Gasteiger partial charge on any atom is -0.354 e. The first-order valence-electron chi connectivity index (χ1n) is 8.77. The molecule has 1 atom stereocenters. The Hall–Kier alpha value is -2.30. The number of hydrogen-bond acceptors (Lipinski definition) is 2. The largest absolute Gasteiger partial charge is 0.354 e. The van der Waals surface area contributed by atoms with Crippen molar-refractivity contribution in [1.82, 2.24) is 14.8 Å². The lowest BCUT2D eigenvalue weighted by molar-refractivity contribution is -0.121. The monoisotopic (exact) mass is 369 g/mol. The number of likely N-dealkylation sites (N-methyl/N-ethyl adjacent to an activating group) is 1. The minimum absolute atomic E-state index is 0.0417. The molecular formula is C21H24ClN3O. The summed E-state index contributed by atoms with van der Waals surface area (Å²) in [6, 6.07) is 18.1. The average Bonchev–Trinajstić information content (AvgIpc) is 3.04. The summed E-state index contributed by atoms with van der Waals surface area (Å²) >= 11 is 6.32. The first-order valence-corrected chi connectivity index (χ1v) is 9.15. The van der Waals surface area contributed by atoms with Crippen LogP contribution in [0, 0.1) is 0 Å². The number of carbonyl (C=O) groups excluding carboxylic acids is 1. The number of aromatic nitrogens is 1. The first-order chi connectivity index (χ1) is 12.6. The molecule has 1 heterocycles. The number of aryl methyl sites for hydroxylation is 1. The van der Waals surface area contributed by atoms with Gasteiger partial charge in [0, 0.05) is 36.2 Å². The van der Waals surface area contributed by atoms with Gasteiger partial charge >= 0.3 is 0 Å². The Morgan fingerprint density at radius 2 is 1.85 bits per heavy atom. The highest BCUT2D eigenvalue weighted by molar-refractivity contribution is 6.31. The van der Waals surface area contributed by atoms with E-state index in [0.717, 1.165) is 16.1 Å². The van der Waals surface area contributed by atoms with Crippen LogP contribution in [0.5, 0.6) is 0 Å². The van der Waals surface area contributed by atoms with E-state index in [-0.39, 0.29) is 11.9 Å². The van der Waals surface area contributed by atoms with Crippen LogP contribution in [0.15, 0.2) is 60.8 Å². The van der Waals surface area contributed by atoms with Gasteiger partial charge in [-0.3, -0.25) is 4.79 Å². The molecule has 0 aliphatic carbocycles. The number of amides is 1. The van der Waals surface area contributed by atoms with Gasteiger partial charge in [0.15, 0.2) is 0 Å². The number of hydrogen-bond donors (Lipinski definition) is 1. The zero-order chi connectivity index (χ0) is 18.5. The summed E-state index contributed by atoms with van der Waals surface area (Å²) in [5, 5.41) is 4.96. The molecule has 0 bridgehead atoms. The number of para-hydroxylation sites is 1. The summed E-state index contributed by atoms with van der Waals surface area (Å²) in [5.74, 6) is 0.0432. The van der Waals surface area contributed by atoms with Crippen molar-refractivity contribution in [1.29, 1.82) is 0 Å². The van der Waals surface area contributed by atoms with E-state index in [4.69, 9.17) is 11.6 Å². The van der Waals surface area contributed by atoms with E-state index in [1.807, 2.05) is 56.7 Å². The number of carbonyl (C=O) groups is 1. The van der Waals surface area contributed by atoms with E-state index in [2.05, 4.69) is 33.0 Å². The summed E-state index contributed by atoms with van der Waals surface area (Å²) < 4.78 is 2.12. The molecule has 26 heavy (non-hydrogen) atoms. The minimum atomic E-state index is 0.0417. The molecule has 1 amide bonds. The van der Waals surface area contributed by atoms with E-state index < -0.39 is 0 Å². The fourth-order valence-electron chi connectivity index (χ4n) is 3.17. The Balaban J connectivity index is 1.58. The topological polar surface area (TPSA) is 37.3 Å². The maximum atomic E-state index is 12.3. The zero-order valence-electron chi connectivity index (χ0n) is 15.2. The van der Waals surface area contributed by atoms with E-state index in [1.165, 1.54) is 5.39 Å². The summed E-state index contributed by atoms with van der Waals surface area (Å²) in [5.41, 5.74) is 2.18. The number of nitrogens with zero attached hydrogens (tertiary/aromatic N) is 2. The van der Waals surface area contributed by atoms with Crippen LogP contribution in [-0.2, 0) is 11.3 Å². The van der Waals surface area contributed by atoms with E-state index in [1.54, 1.807) is 0 Å². The third-order valence-electron chi connectivity index (χ3n) is 4.64. The van der Waals surface area contributed by atoms with Gasteiger partial charge in [0.1, 0.15) is 0 Å². The van der Waals surface area contributed by atoms with Crippen LogP contribution in [0.1, 0.15) is 18.0 Å². The van der Waals surface area contributed by atoms with Crippen LogP contribution in [0.25, 0.3) is 10.9 Å². The Morgan fingerprint density at radius 3 is 2.62 bits per heavy atom. The fraction of sp³-hybridized carbons (Fsp3) is 0.286. The second-order valence-corrected chi connectivity index (χ2v) is 7.03. The van der Waals surface area contributed by atoms with Crippen molar-refractivity contribution in [2.75, 3.05) is 20.6 Å². The molecule has 1 N–H and O–H groups in total. The number of fused-ring (bicyclic) bond motifs is 1. The second kappa shape index (κ2) is 8.39. The molecule has 0 saturated heterocycles. The summed E-state index contributed by atoms with van der Waals surface area (Å²) in [4.78, 5) is 14.4. The lowest BCUT2D eigenvalue weighted by Gasteiger charge is -2.26. The van der Waals surface area contributed by atoms with Crippen molar-refractivity contribution in [3.63, 3.8) is 0 Å². The molecule has 136 valence electrons. The summed E-state index contributed by atoms with van der Waals surface area (Å²) in [7, 11) is 3.98. The van der Waals surface area contributed by atoms with Crippen molar-refractivity contribution in [3.05, 3.63) is 71.4 Å². The highest BCUT2D eigenvalue weighted by Crippen LogP contribution is 2.25. The summed E-state index contributed by atoms with van der Waals surface area (Å²) in [6.07, 6.45) is 2.48. The van der Waals surface area contributed by atoms with Gasteiger partial charge in [-0.1, -0.05) is 48.0 Å². The smallest absolute Gasteiger partial charge is 0.221 e. The Bertz CT molecular complexity index is 888. The van der Waals surface area contributed by atoms with Crippen LogP contribution in [0.4, 0.5) is 0 Å². The molecule has 0 radical (unpaired) electrons. The zero-order valence-corrected chi connectivity index (χ0v) is 15.9. The lowest BCUT2D eigenvalue weighted by Crippen LogP contribution is -2.35. The third-order valence-corrected chi connectivity index (χ3v) is 4.98. The molecule has 5 heteroatoms. The number of nitrogens with one attached hydrogen (secondary N) is 1. The molecule has 0 aliphatic rings. The molecule has 0 unspecified atom stereocenters. The Morgan fingerprint density at radius 1 is 1.12 bits per heavy atom. The van der Waals surface area contributed by atoms with Crippen LogP contribution in [0.2, 0.25) is 5.02 Å². The maximum Gasteiger partial charge on any atom is 0.221 e. The third kappa shape index (κ3) is 4.26. The molecule has 0 saturated carbocycles. The first kappa shape index (κ1) is 18.5. The normalized spacial score (nSPS) is 12.5. The molecule has 2 aromatic carbocycles. The van der Waals surface area contributed by atoms with Gasteiger partial charge in [0.05, 0.1) is 6.04 Å². The molecule has 4 nitrogen and oxygen atoms in total. The van der Waals surface area contributed by atoms with Gasteiger partial charge in [-0.15, -0.1) is 0 Å². The van der Waals surface area contributed by atoms with Crippen molar-refractivity contribution in [2.24, 2.45) is 0 Å².